The van der Waals surface area contributed by atoms with Gasteiger partial charge in [0.25, 0.3) is 0 Å². The van der Waals surface area contributed by atoms with Crippen LogP contribution in [0.1, 0.15) is 76.0 Å². The summed E-state index contributed by atoms with van der Waals surface area (Å²) in [5.41, 5.74) is 10.2. The van der Waals surface area contributed by atoms with Crippen molar-refractivity contribution in [3.8, 4) is 16.8 Å². The van der Waals surface area contributed by atoms with Gasteiger partial charge in [-0.25, -0.2) is 4.98 Å². The predicted octanol–water partition coefficient (Wildman–Crippen LogP) is 8.83. The number of para-hydroxylation sites is 2. The Labute approximate surface area is 194 Å². The molecule has 0 saturated heterocycles. The number of nitrogens with zero attached hydrogens (tertiary/aromatic N) is 2. The molecule has 0 radical (unpaired) electrons. The molecule has 0 bridgehead atoms. The molecule has 0 fully saturated rings. The molecule has 0 aliphatic heterocycles. The summed E-state index contributed by atoms with van der Waals surface area (Å²) in [6.45, 7) is 13.8. The quantitative estimate of drug-likeness (QED) is 0.282. The zero-order valence-corrected chi connectivity index (χ0v) is 20.9. The van der Waals surface area contributed by atoms with E-state index in [1.165, 1.54) is 27.8 Å². The highest BCUT2D eigenvalue weighted by atomic mass is 79.9. The van der Waals surface area contributed by atoms with E-state index in [2.05, 4.69) is 116 Å². The van der Waals surface area contributed by atoms with Crippen LogP contribution < -0.4 is 0 Å². The summed E-state index contributed by atoms with van der Waals surface area (Å²) in [4.78, 5) is 4.60. The van der Waals surface area contributed by atoms with Gasteiger partial charge in [-0.15, -0.1) is 0 Å². The van der Waals surface area contributed by atoms with Gasteiger partial charge in [-0.1, -0.05) is 81.7 Å². The van der Waals surface area contributed by atoms with Gasteiger partial charge in [0, 0.05) is 10.2 Å². The third-order valence-corrected chi connectivity index (χ3v) is 6.49. The maximum absolute atomic E-state index is 4.60. The van der Waals surface area contributed by atoms with Crippen molar-refractivity contribution >= 4 is 27.0 Å². The Morgan fingerprint density at radius 1 is 0.774 bits per heavy atom. The van der Waals surface area contributed by atoms with Crippen LogP contribution in [0.5, 0.6) is 0 Å². The number of aromatic nitrogens is 2. The minimum Gasteiger partial charge on any atom is -0.299 e. The lowest BCUT2D eigenvalue weighted by molar-refractivity contribution is 0.807. The number of hydrogen-bond donors (Lipinski definition) is 0. The molecule has 3 heteroatoms. The van der Waals surface area contributed by atoms with E-state index < -0.39 is 0 Å². The number of imidazole rings is 1. The Hall–Kier alpha value is -2.39. The first-order valence-corrected chi connectivity index (χ1v) is 12.0. The largest absolute Gasteiger partial charge is 0.299 e. The maximum Gasteiger partial charge on any atom is 0.100 e. The molecule has 4 rings (SSSR count). The summed E-state index contributed by atoms with van der Waals surface area (Å²) in [7, 11) is 0. The molecule has 0 atom stereocenters. The highest BCUT2D eigenvalue weighted by Gasteiger charge is 2.19. The fourth-order valence-electron chi connectivity index (χ4n) is 4.31. The van der Waals surface area contributed by atoms with Crippen LogP contribution in [-0.2, 0) is 0 Å². The van der Waals surface area contributed by atoms with Crippen molar-refractivity contribution in [2.75, 3.05) is 0 Å². The van der Waals surface area contributed by atoms with Crippen molar-refractivity contribution < 1.29 is 0 Å². The highest BCUT2D eigenvalue weighted by Crippen LogP contribution is 2.40. The van der Waals surface area contributed by atoms with Gasteiger partial charge < -0.3 is 0 Å². The van der Waals surface area contributed by atoms with Crippen LogP contribution in [-0.4, -0.2) is 9.55 Å². The van der Waals surface area contributed by atoms with Crippen molar-refractivity contribution in [2.45, 2.75) is 59.3 Å². The van der Waals surface area contributed by atoms with E-state index in [9.17, 15) is 0 Å². The smallest absolute Gasteiger partial charge is 0.100 e. The Balaban J connectivity index is 1.98. The molecule has 0 saturated carbocycles. The average molecular weight is 475 g/mol. The molecular formula is C28H31BrN2. The SMILES string of the molecule is CC(C)c1cc(C(C)C)c(-c2cc(Br)cc(-n3cnc4ccccc43)c2)c(C(C)C)c1. The lowest BCUT2D eigenvalue weighted by atomic mass is 9.82. The summed E-state index contributed by atoms with van der Waals surface area (Å²) in [5.74, 6) is 1.41. The maximum atomic E-state index is 4.60. The van der Waals surface area contributed by atoms with Gasteiger partial charge in [0.2, 0.25) is 0 Å². The molecule has 3 aromatic carbocycles. The van der Waals surface area contributed by atoms with Crippen LogP contribution in [0.2, 0.25) is 0 Å². The average Bonchev–Trinajstić information content (AvgIpc) is 3.16. The minimum absolute atomic E-state index is 0.447. The number of hydrogen-bond acceptors (Lipinski definition) is 1. The topological polar surface area (TPSA) is 17.8 Å². The van der Waals surface area contributed by atoms with Crippen molar-refractivity contribution in [1.82, 2.24) is 9.55 Å². The summed E-state index contributed by atoms with van der Waals surface area (Å²) in [6, 6.07) is 19.9. The minimum atomic E-state index is 0.447. The highest BCUT2D eigenvalue weighted by molar-refractivity contribution is 9.10. The van der Waals surface area contributed by atoms with Crippen molar-refractivity contribution in [3.05, 3.63) is 82.1 Å². The van der Waals surface area contributed by atoms with Gasteiger partial charge in [0.15, 0.2) is 0 Å². The van der Waals surface area contributed by atoms with Crippen molar-refractivity contribution in [2.24, 2.45) is 0 Å². The standard InChI is InChI=1S/C28H31BrN2/c1-17(2)20-13-24(18(3)4)28(25(14-20)19(5)6)21-11-22(29)15-23(12-21)31-16-30-26-9-7-8-10-27(26)31/h7-19H,1-6H3. The molecule has 4 aromatic rings. The van der Waals surface area contributed by atoms with E-state index in [1.807, 2.05) is 12.4 Å². The Kier molecular flexibility index (Phi) is 6.07. The summed E-state index contributed by atoms with van der Waals surface area (Å²) < 4.78 is 3.26. The molecule has 1 aromatic heterocycles. The molecule has 1 heterocycles. The van der Waals surface area contributed by atoms with E-state index in [-0.39, 0.29) is 0 Å². The van der Waals surface area contributed by atoms with Gasteiger partial charge >= 0.3 is 0 Å². The van der Waals surface area contributed by atoms with Gasteiger partial charge in [-0.3, -0.25) is 4.57 Å². The van der Waals surface area contributed by atoms with Gasteiger partial charge in [-0.2, -0.15) is 0 Å². The van der Waals surface area contributed by atoms with Crippen LogP contribution in [0.3, 0.4) is 0 Å². The second-order valence-electron chi connectivity index (χ2n) is 9.34. The molecule has 0 unspecified atom stereocenters. The monoisotopic (exact) mass is 474 g/mol. The Bertz CT molecular complexity index is 1200. The molecule has 0 aliphatic rings. The molecule has 0 amide bonds. The first-order chi connectivity index (χ1) is 14.8. The van der Waals surface area contributed by atoms with Crippen LogP contribution >= 0.6 is 15.9 Å². The lowest BCUT2D eigenvalue weighted by Crippen LogP contribution is -2.04. The fraction of sp³-hybridized carbons (Fsp3) is 0.321. The van der Waals surface area contributed by atoms with E-state index in [0.29, 0.717) is 17.8 Å². The first kappa shape index (κ1) is 21.8. The Morgan fingerprint density at radius 3 is 2.03 bits per heavy atom. The van der Waals surface area contributed by atoms with E-state index in [4.69, 9.17) is 0 Å². The van der Waals surface area contributed by atoms with Crippen molar-refractivity contribution in [1.29, 1.82) is 0 Å². The number of benzene rings is 3. The van der Waals surface area contributed by atoms with Crippen LogP contribution in [0.4, 0.5) is 0 Å². The van der Waals surface area contributed by atoms with E-state index >= 15 is 0 Å². The second-order valence-corrected chi connectivity index (χ2v) is 10.3. The molecule has 0 N–H and O–H groups in total. The number of rotatable bonds is 5. The molecule has 0 aliphatic carbocycles. The van der Waals surface area contributed by atoms with Crippen LogP contribution in [0, 0.1) is 0 Å². The second kappa shape index (κ2) is 8.63. The predicted molar refractivity (Wildman–Crippen MR) is 136 cm³/mol. The zero-order valence-electron chi connectivity index (χ0n) is 19.3. The molecule has 160 valence electrons. The number of fused-ring (bicyclic) bond motifs is 1. The molecule has 31 heavy (non-hydrogen) atoms. The number of halogens is 1. The van der Waals surface area contributed by atoms with E-state index in [1.54, 1.807) is 0 Å². The van der Waals surface area contributed by atoms with Gasteiger partial charge in [-0.05, 0) is 75.9 Å². The van der Waals surface area contributed by atoms with Crippen LogP contribution in [0.25, 0.3) is 27.8 Å². The summed E-state index contributed by atoms with van der Waals surface area (Å²) in [5, 5.41) is 0. The van der Waals surface area contributed by atoms with Crippen molar-refractivity contribution in [3.63, 3.8) is 0 Å². The first-order valence-electron chi connectivity index (χ1n) is 11.2. The Morgan fingerprint density at radius 2 is 1.42 bits per heavy atom. The van der Waals surface area contributed by atoms with E-state index in [0.717, 1.165) is 21.2 Å². The third kappa shape index (κ3) is 4.21. The molecule has 0 spiro atoms. The summed E-state index contributed by atoms with van der Waals surface area (Å²) in [6.07, 6.45) is 1.92. The van der Waals surface area contributed by atoms with Crippen LogP contribution in [0.15, 0.2) is 65.4 Å². The van der Waals surface area contributed by atoms with Gasteiger partial charge in [0.05, 0.1) is 11.0 Å². The fourth-order valence-corrected chi connectivity index (χ4v) is 4.79. The molecule has 2 nitrogen and oxygen atoms in total. The normalized spacial score (nSPS) is 11.9. The zero-order chi connectivity index (χ0) is 22.3. The third-order valence-electron chi connectivity index (χ3n) is 6.04. The summed E-state index contributed by atoms with van der Waals surface area (Å²) >= 11 is 3.79. The van der Waals surface area contributed by atoms with Gasteiger partial charge in [0.1, 0.15) is 6.33 Å². The molecular weight excluding hydrogens is 444 g/mol. The lowest BCUT2D eigenvalue weighted by Gasteiger charge is -2.24.